The lowest BCUT2D eigenvalue weighted by Gasteiger charge is -2.14. The molecule has 1 aromatic heterocycles. The van der Waals surface area contributed by atoms with Gasteiger partial charge in [-0.1, -0.05) is 30.3 Å². The van der Waals surface area contributed by atoms with Gasteiger partial charge in [-0.05, 0) is 6.92 Å². The molecule has 2 aromatic rings. The maximum atomic E-state index is 14.0. The highest BCUT2D eigenvalue weighted by molar-refractivity contribution is 5.81. The molecule has 0 bridgehead atoms. The predicted molar refractivity (Wildman–Crippen MR) is 64.6 cm³/mol. The van der Waals surface area contributed by atoms with Gasteiger partial charge in [0.1, 0.15) is 5.69 Å². The predicted octanol–water partition coefficient (Wildman–Crippen LogP) is 2.73. The number of imidazole rings is 1. The number of carbonyl (C=O) groups is 1. The maximum Gasteiger partial charge on any atom is 0.384 e. The number of hydrogen-bond acceptors (Lipinski definition) is 3. The Labute approximate surface area is 108 Å². The second kappa shape index (κ2) is 5.17. The minimum atomic E-state index is -3.75. The number of esters is 1. The Hall–Kier alpha value is -2.24. The Morgan fingerprint density at radius 2 is 2.05 bits per heavy atom. The number of H-pyrrole nitrogens is 1. The van der Waals surface area contributed by atoms with E-state index < -0.39 is 17.6 Å². The molecule has 0 spiro atoms. The number of alkyl halides is 2. The van der Waals surface area contributed by atoms with Crippen LogP contribution in [0.3, 0.4) is 0 Å². The molecular formula is C13H12F2N2O2. The zero-order valence-corrected chi connectivity index (χ0v) is 10.2. The van der Waals surface area contributed by atoms with Crippen LogP contribution in [0.1, 0.15) is 12.6 Å². The van der Waals surface area contributed by atoms with Crippen molar-refractivity contribution >= 4 is 5.97 Å². The maximum absolute atomic E-state index is 14.0. The minimum absolute atomic E-state index is 0.0404. The monoisotopic (exact) mass is 266 g/mol. The molecule has 0 aliphatic heterocycles. The Morgan fingerprint density at radius 3 is 2.68 bits per heavy atom. The topological polar surface area (TPSA) is 55.0 Å². The van der Waals surface area contributed by atoms with Crippen LogP contribution in [0.15, 0.2) is 36.7 Å². The Morgan fingerprint density at radius 1 is 1.37 bits per heavy atom. The molecule has 0 unspecified atom stereocenters. The Kier molecular flexibility index (Phi) is 3.59. The van der Waals surface area contributed by atoms with E-state index in [0.717, 1.165) is 6.33 Å². The number of carbonyl (C=O) groups excluding carboxylic acids is 1. The van der Waals surface area contributed by atoms with E-state index in [4.69, 9.17) is 0 Å². The molecule has 0 saturated heterocycles. The van der Waals surface area contributed by atoms with Gasteiger partial charge in [-0.15, -0.1) is 0 Å². The fraction of sp³-hybridized carbons (Fsp3) is 0.231. The van der Waals surface area contributed by atoms with Crippen molar-refractivity contribution < 1.29 is 18.3 Å². The first-order valence-electron chi connectivity index (χ1n) is 5.71. The summed E-state index contributed by atoms with van der Waals surface area (Å²) in [6.45, 7) is 1.36. The fourth-order valence-corrected chi connectivity index (χ4v) is 1.67. The van der Waals surface area contributed by atoms with E-state index in [1.807, 2.05) is 0 Å². The number of benzene rings is 1. The third kappa shape index (κ3) is 2.47. The average Bonchev–Trinajstić information content (AvgIpc) is 2.90. The van der Waals surface area contributed by atoms with Crippen LogP contribution in [-0.4, -0.2) is 22.5 Å². The van der Waals surface area contributed by atoms with Gasteiger partial charge in [0.15, 0.2) is 0 Å². The van der Waals surface area contributed by atoms with Crippen molar-refractivity contribution in [3.63, 3.8) is 0 Å². The quantitative estimate of drug-likeness (QED) is 0.866. The second-order valence-corrected chi connectivity index (χ2v) is 3.79. The molecule has 0 aliphatic carbocycles. The van der Waals surface area contributed by atoms with Gasteiger partial charge in [0.25, 0.3) is 0 Å². The normalized spacial score (nSPS) is 11.3. The summed E-state index contributed by atoms with van der Waals surface area (Å²) in [6, 6.07) is 8.45. The van der Waals surface area contributed by atoms with Gasteiger partial charge in [0.05, 0.1) is 18.6 Å². The lowest BCUT2D eigenvalue weighted by atomic mass is 10.1. The summed E-state index contributed by atoms with van der Waals surface area (Å²) in [6.07, 6.45) is 1.13. The van der Waals surface area contributed by atoms with Crippen molar-refractivity contribution in [2.45, 2.75) is 12.8 Å². The van der Waals surface area contributed by atoms with Gasteiger partial charge in [-0.25, -0.2) is 9.78 Å². The third-order valence-electron chi connectivity index (χ3n) is 2.53. The SMILES string of the molecule is CCOC(=O)C(F)(F)c1[nH]cnc1-c1ccccc1. The van der Waals surface area contributed by atoms with Crippen LogP contribution in [0.4, 0.5) is 8.78 Å². The van der Waals surface area contributed by atoms with E-state index in [1.54, 1.807) is 30.3 Å². The number of aromatic nitrogens is 2. The molecule has 0 aliphatic rings. The number of aromatic amines is 1. The molecule has 100 valence electrons. The molecule has 0 radical (unpaired) electrons. The second-order valence-electron chi connectivity index (χ2n) is 3.79. The number of nitrogens with zero attached hydrogens (tertiary/aromatic N) is 1. The summed E-state index contributed by atoms with van der Waals surface area (Å²) in [5.41, 5.74) is -0.0153. The molecule has 4 nitrogen and oxygen atoms in total. The summed E-state index contributed by atoms with van der Waals surface area (Å²) in [5.74, 6) is -5.34. The first kappa shape index (κ1) is 13.2. The van der Waals surface area contributed by atoms with Gasteiger partial charge < -0.3 is 9.72 Å². The number of halogens is 2. The van der Waals surface area contributed by atoms with E-state index in [9.17, 15) is 13.6 Å². The van der Waals surface area contributed by atoms with Gasteiger partial charge in [0.2, 0.25) is 0 Å². The minimum Gasteiger partial charge on any atom is -0.461 e. The average molecular weight is 266 g/mol. The first-order chi connectivity index (χ1) is 9.07. The molecule has 0 atom stereocenters. The van der Waals surface area contributed by atoms with Crippen molar-refractivity contribution in [2.24, 2.45) is 0 Å². The molecule has 19 heavy (non-hydrogen) atoms. The van der Waals surface area contributed by atoms with Crippen LogP contribution in [0, 0.1) is 0 Å². The number of nitrogens with one attached hydrogen (secondary N) is 1. The molecule has 6 heteroatoms. The van der Waals surface area contributed by atoms with Crippen LogP contribution < -0.4 is 0 Å². The Bertz CT molecular complexity index is 567. The van der Waals surface area contributed by atoms with Crippen LogP contribution in [0.25, 0.3) is 11.3 Å². The number of hydrogen-bond donors (Lipinski definition) is 1. The molecule has 2 rings (SSSR count). The van der Waals surface area contributed by atoms with Crippen LogP contribution in [-0.2, 0) is 15.5 Å². The van der Waals surface area contributed by atoms with Crippen LogP contribution >= 0.6 is 0 Å². The van der Waals surface area contributed by atoms with E-state index in [-0.39, 0.29) is 12.3 Å². The van der Waals surface area contributed by atoms with E-state index >= 15 is 0 Å². The summed E-state index contributed by atoms with van der Waals surface area (Å²) in [7, 11) is 0. The van der Waals surface area contributed by atoms with Crippen molar-refractivity contribution in [1.29, 1.82) is 0 Å². The van der Waals surface area contributed by atoms with Crippen molar-refractivity contribution in [3.05, 3.63) is 42.4 Å². The van der Waals surface area contributed by atoms with Crippen LogP contribution in [0.2, 0.25) is 0 Å². The summed E-state index contributed by atoms with van der Waals surface area (Å²) < 4.78 is 32.3. The lowest BCUT2D eigenvalue weighted by molar-refractivity contribution is -0.173. The smallest absolute Gasteiger partial charge is 0.384 e. The number of ether oxygens (including phenoxy) is 1. The fourth-order valence-electron chi connectivity index (χ4n) is 1.67. The highest BCUT2D eigenvalue weighted by atomic mass is 19.3. The van der Waals surface area contributed by atoms with E-state index in [1.165, 1.54) is 6.92 Å². The first-order valence-corrected chi connectivity index (χ1v) is 5.71. The van der Waals surface area contributed by atoms with Gasteiger partial charge in [-0.2, -0.15) is 8.78 Å². The van der Waals surface area contributed by atoms with Crippen molar-refractivity contribution in [2.75, 3.05) is 6.61 Å². The standard InChI is InChI=1S/C13H12F2N2O2/c1-2-19-12(18)13(14,15)11-10(16-8-17-11)9-6-4-3-5-7-9/h3-8H,2H2,1H3,(H,16,17). The molecule has 1 N–H and O–H groups in total. The van der Waals surface area contributed by atoms with E-state index in [0.29, 0.717) is 5.56 Å². The zero-order chi connectivity index (χ0) is 13.9. The molecule has 0 fully saturated rings. The van der Waals surface area contributed by atoms with Gasteiger partial charge in [-0.3, -0.25) is 0 Å². The molecule has 0 amide bonds. The summed E-state index contributed by atoms with van der Waals surface area (Å²) in [4.78, 5) is 17.5. The van der Waals surface area contributed by atoms with Gasteiger partial charge in [0, 0.05) is 5.56 Å². The molecule has 0 saturated carbocycles. The third-order valence-corrected chi connectivity index (χ3v) is 2.53. The lowest BCUT2D eigenvalue weighted by Crippen LogP contribution is -2.29. The summed E-state index contributed by atoms with van der Waals surface area (Å²) in [5, 5.41) is 0. The van der Waals surface area contributed by atoms with Gasteiger partial charge >= 0.3 is 11.9 Å². The molecular weight excluding hydrogens is 254 g/mol. The highest BCUT2D eigenvalue weighted by Gasteiger charge is 2.46. The zero-order valence-electron chi connectivity index (χ0n) is 10.2. The van der Waals surface area contributed by atoms with E-state index in [2.05, 4.69) is 14.7 Å². The number of rotatable bonds is 4. The Balaban J connectivity index is 2.42. The summed E-state index contributed by atoms with van der Waals surface area (Å²) >= 11 is 0. The molecule has 1 aromatic carbocycles. The largest absolute Gasteiger partial charge is 0.461 e. The van der Waals surface area contributed by atoms with Crippen molar-refractivity contribution in [1.82, 2.24) is 9.97 Å². The molecule has 1 heterocycles. The van der Waals surface area contributed by atoms with Crippen LogP contribution in [0.5, 0.6) is 0 Å². The van der Waals surface area contributed by atoms with Crippen molar-refractivity contribution in [3.8, 4) is 11.3 Å². The highest BCUT2D eigenvalue weighted by Crippen LogP contribution is 2.34.